The Kier molecular flexibility index (Phi) is 3.80. The Morgan fingerprint density at radius 2 is 2.22 bits per heavy atom. The third kappa shape index (κ3) is 3.16. The molecule has 0 aliphatic rings. The summed E-state index contributed by atoms with van der Waals surface area (Å²) < 4.78 is 12.3. The Bertz CT molecular complexity index is 590. The van der Waals surface area contributed by atoms with Gasteiger partial charge in [0.1, 0.15) is 0 Å². The van der Waals surface area contributed by atoms with E-state index in [1.54, 1.807) is 12.1 Å². The van der Waals surface area contributed by atoms with Crippen LogP contribution in [0.2, 0.25) is 0 Å². The molecule has 0 saturated carbocycles. The molecule has 18 heavy (non-hydrogen) atoms. The molecule has 0 amide bonds. The molecule has 0 spiro atoms. The number of unbranched alkanes of at least 4 members (excludes halogenated alkanes) is 1. The van der Waals surface area contributed by atoms with Crippen molar-refractivity contribution in [1.82, 2.24) is 14.6 Å². The van der Waals surface area contributed by atoms with Crippen molar-refractivity contribution in [1.29, 1.82) is 0 Å². The van der Waals surface area contributed by atoms with Crippen molar-refractivity contribution in [3.8, 4) is 0 Å². The fourth-order valence-corrected chi connectivity index (χ4v) is 2.45. The molecule has 0 bridgehead atoms. The number of hydrogen-bond acceptors (Lipinski definition) is 5. The van der Waals surface area contributed by atoms with Gasteiger partial charge in [-0.3, -0.25) is 0 Å². The topological polar surface area (TPSA) is 93.4 Å². The van der Waals surface area contributed by atoms with Gasteiger partial charge in [0.25, 0.3) is 0 Å². The van der Waals surface area contributed by atoms with E-state index in [1.807, 2.05) is 0 Å². The van der Waals surface area contributed by atoms with E-state index in [1.165, 1.54) is 10.7 Å². The van der Waals surface area contributed by atoms with Crippen LogP contribution >= 0.6 is 7.60 Å². The van der Waals surface area contributed by atoms with Crippen LogP contribution in [-0.4, -0.2) is 14.6 Å². The number of fused-ring (bicyclic) bond motifs is 1. The molecule has 0 aliphatic heterocycles. The molecule has 0 saturated heterocycles. The summed E-state index contributed by atoms with van der Waals surface area (Å²) in [5, 5.41) is 3.98. The molecule has 2 heterocycles. The van der Waals surface area contributed by atoms with Gasteiger partial charge in [-0.25, -0.2) is 9.50 Å². The highest BCUT2D eigenvalue weighted by atomic mass is 31.2. The fraction of sp³-hybridized carbons (Fsp3) is 0.455. The molecule has 0 N–H and O–H groups in total. The highest BCUT2D eigenvalue weighted by molar-refractivity contribution is 7.47. The van der Waals surface area contributed by atoms with E-state index < -0.39 is 13.8 Å². The summed E-state index contributed by atoms with van der Waals surface area (Å²) in [5.74, 6) is 0. The summed E-state index contributed by atoms with van der Waals surface area (Å²) >= 11 is 0. The lowest BCUT2D eigenvalue weighted by molar-refractivity contribution is -0.314. The van der Waals surface area contributed by atoms with Crippen LogP contribution in [0.4, 0.5) is 0 Å². The van der Waals surface area contributed by atoms with Gasteiger partial charge in [0.05, 0.1) is 11.9 Å². The van der Waals surface area contributed by atoms with Crippen molar-refractivity contribution < 1.29 is 14.4 Å². The van der Waals surface area contributed by atoms with E-state index in [2.05, 4.69) is 17.0 Å². The molecule has 0 radical (unpaired) electrons. The highest BCUT2D eigenvalue weighted by Gasteiger charge is 2.07. The summed E-state index contributed by atoms with van der Waals surface area (Å²) in [5.41, 5.74) is 1.75. The molecule has 0 aromatic carbocycles. The van der Waals surface area contributed by atoms with Gasteiger partial charge in [-0.15, -0.1) is 0 Å². The van der Waals surface area contributed by atoms with Gasteiger partial charge in [0.2, 0.25) is 0 Å². The maximum atomic E-state index is 10.9. The number of aromatic nitrogens is 3. The van der Waals surface area contributed by atoms with Crippen molar-refractivity contribution in [2.45, 2.75) is 32.3 Å². The summed E-state index contributed by atoms with van der Waals surface area (Å²) in [6.45, 7) is 2.07. The minimum Gasteiger partial charge on any atom is -0.810 e. The Labute approximate surface area is 105 Å². The molecule has 2 rings (SSSR count). The third-order valence-electron chi connectivity index (χ3n) is 2.63. The van der Waals surface area contributed by atoms with E-state index >= 15 is 0 Å². The smallest absolute Gasteiger partial charge is 0.155 e. The standard InChI is InChI=1S/C11H16N3O3P/c1-2-3-4-9-7-10(8-18(15,16)17)14-11(13-9)5-6-12-14/h5-7H,2-4,8H2,1H3,(H2,15,16,17)/p-2. The van der Waals surface area contributed by atoms with E-state index in [0.29, 0.717) is 11.3 Å². The van der Waals surface area contributed by atoms with Crippen LogP contribution in [0.15, 0.2) is 18.3 Å². The number of nitrogens with zero attached hydrogens (tertiary/aromatic N) is 3. The zero-order chi connectivity index (χ0) is 13.2. The van der Waals surface area contributed by atoms with Crippen molar-refractivity contribution >= 4 is 13.2 Å². The third-order valence-corrected chi connectivity index (χ3v) is 3.34. The molecule has 0 aliphatic carbocycles. The lowest BCUT2D eigenvalue weighted by atomic mass is 10.2. The van der Waals surface area contributed by atoms with Crippen molar-refractivity contribution in [3.05, 3.63) is 29.7 Å². The highest BCUT2D eigenvalue weighted by Crippen LogP contribution is 2.29. The van der Waals surface area contributed by atoms with Gasteiger partial charge in [0.15, 0.2) is 5.65 Å². The minimum absolute atomic E-state index is 0.379. The Hall–Kier alpha value is -1.23. The lowest BCUT2D eigenvalue weighted by Crippen LogP contribution is -2.17. The first-order valence-corrected chi connectivity index (χ1v) is 7.56. The molecule has 2 aromatic rings. The van der Waals surface area contributed by atoms with Gasteiger partial charge in [-0.2, -0.15) is 5.10 Å². The summed E-state index contributed by atoms with van der Waals surface area (Å²) in [4.78, 5) is 26.2. The monoisotopic (exact) mass is 267 g/mol. The van der Waals surface area contributed by atoms with Crippen molar-refractivity contribution in [2.75, 3.05) is 0 Å². The molecular formula is C11H14N3O3P-2. The predicted molar refractivity (Wildman–Crippen MR) is 62.9 cm³/mol. The van der Waals surface area contributed by atoms with Gasteiger partial charge in [-0.1, -0.05) is 20.9 Å². The number of aryl methyl sites for hydroxylation is 1. The lowest BCUT2D eigenvalue weighted by Gasteiger charge is -2.29. The van der Waals surface area contributed by atoms with Crippen molar-refractivity contribution in [2.24, 2.45) is 0 Å². The second-order valence-electron chi connectivity index (χ2n) is 4.21. The SMILES string of the molecule is CCCCc1cc(CP(=O)([O-])[O-])n2nccc2n1. The van der Waals surface area contributed by atoms with E-state index in [-0.39, 0.29) is 0 Å². The Morgan fingerprint density at radius 1 is 1.44 bits per heavy atom. The minimum atomic E-state index is -4.60. The molecule has 0 atom stereocenters. The summed E-state index contributed by atoms with van der Waals surface area (Å²) in [7, 11) is -4.60. The average molecular weight is 267 g/mol. The van der Waals surface area contributed by atoms with E-state index in [0.717, 1.165) is 25.0 Å². The largest absolute Gasteiger partial charge is 0.810 e. The quantitative estimate of drug-likeness (QED) is 0.735. The Morgan fingerprint density at radius 3 is 2.89 bits per heavy atom. The first-order chi connectivity index (χ1) is 8.49. The maximum Gasteiger partial charge on any atom is 0.155 e. The zero-order valence-corrected chi connectivity index (χ0v) is 11.0. The van der Waals surface area contributed by atoms with Crippen LogP contribution in [0.3, 0.4) is 0 Å². The zero-order valence-electron chi connectivity index (χ0n) is 10.1. The number of rotatable bonds is 5. The molecule has 6 nitrogen and oxygen atoms in total. The molecule has 0 fully saturated rings. The van der Waals surface area contributed by atoms with Crippen LogP contribution < -0.4 is 9.79 Å². The van der Waals surface area contributed by atoms with Crippen LogP contribution in [0.5, 0.6) is 0 Å². The molecule has 98 valence electrons. The van der Waals surface area contributed by atoms with Gasteiger partial charge >= 0.3 is 0 Å². The van der Waals surface area contributed by atoms with Crippen molar-refractivity contribution in [3.63, 3.8) is 0 Å². The Balaban J connectivity index is 2.41. The average Bonchev–Trinajstić information content (AvgIpc) is 2.72. The predicted octanol–water partition coefficient (Wildman–Crippen LogP) is 0.486. The normalized spacial score (nSPS) is 12.2. The van der Waals surface area contributed by atoms with E-state index in [9.17, 15) is 14.4 Å². The second-order valence-corrected chi connectivity index (χ2v) is 5.75. The van der Waals surface area contributed by atoms with Gasteiger partial charge < -0.3 is 14.4 Å². The summed E-state index contributed by atoms with van der Waals surface area (Å²) in [6, 6.07) is 3.34. The van der Waals surface area contributed by atoms with Crippen LogP contribution in [-0.2, 0) is 17.1 Å². The number of hydrogen-bond donors (Lipinski definition) is 0. The second kappa shape index (κ2) is 5.18. The first kappa shape index (κ1) is 13.2. The maximum absolute atomic E-state index is 10.9. The molecule has 2 aromatic heterocycles. The van der Waals surface area contributed by atoms with Gasteiger partial charge in [0, 0.05) is 17.9 Å². The van der Waals surface area contributed by atoms with Crippen LogP contribution in [0.1, 0.15) is 31.2 Å². The van der Waals surface area contributed by atoms with E-state index in [4.69, 9.17) is 0 Å². The van der Waals surface area contributed by atoms with Crippen LogP contribution in [0, 0.1) is 0 Å². The fourth-order valence-electron chi connectivity index (χ4n) is 1.83. The molecular weight excluding hydrogens is 253 g/mol. The van der Waals surface area contributed by atoms with Crippen LogP contribution in [0.25, 0.3) is 5.65 Å². The first-order valence-electron chi connectivity index (χ1n) is 5.83. The molecule has 0 unspecified atom stereocenters. The molecule has 7 heteroatoms. The summed E-state index contributed by atoms with van der Waals surface area (Å²) in [6.07, 6.45) is 3.78. The van der Waals surface area contributed by atoms with Gasteiger partial charge in [-0.05, 0) is 18.9 Å².